The molecule has 0 saturated heterocycles. The van der Waals surface area contributed by atoms with Crippen LogP contribution in [0.15, 0.2) is 47.4 Å². The van der Waals surface area contributed by atoms with E-state index < -0.39 is 0 Å². The molecule has 0 fully saturated rings. The number of hydrogen-bond acceptors (Lipinski definition) is 3. The van der Waals surface area contributed by atoms with Crippen LogP contribution in [0.3, 0.4) is 0 Å². The van der Waals surface area contributed by atoms with Crippen molar-refractivity contribution in [1.82, 2.24) is 4.98 Å². The summed E-state index contributed by atoms with van der Waals surface area (Å²) >= 11 is 4.87. The third-order valence-corrected chi connectivity index (χ3v) is 2.69. The van der Waals surface area contributed by atoms with Gasteiger partial charge in [0.2, 0.25) is 5.56 Å². The number of amides is 1. The molecule has 4 N–H and O–H groups in total. The van der Waals surface area contributed by atoms with Gasteiger partial charge in [-0.1, -0.05) is 24.4 Å². The molecule has 96 valence electrons. The molecule has 5 nitrogen and oxygen atoms in total. The van der Waals surface area contributed by atoms with E-state index in [4.69, 9.17) is 18.0 Å². The van der Waals surface area contributed by atoms with Gasteiger partial charge in [0.15, 0.2) is 0 Å². The predicted molar refractivity (Wildman–Crippen MR) is 77.3 cm³/mol. The van der Waals surface area contributed by atoms with Crippen LogP contribution >= 0.6 is 12.2 Å². The van der Waals surface area contributed by atoms with Crippen molar-refractivity contribution in [3.8, 4) is 0 Å². The molecule has 0 aliphatic rings. The molecule has 0 saturated carbocycles. The van der Waals surface area contributed by atoms with Crippen molar-refractivity contribution in [1.29, 1.82) is 0 Å². The molecule has 0 radical (unpaired) electrons. The molecule has 1 amide bonds. The second-order valence-corrected chi connectivity index (χ2v) is 4.28. The summed E-state index contributed by atoms with van der Waals surface area (Å²) in [5.74, 6) is -0.323. The molecule has 19 heavy (non-hydrogen) atoms. The number of nitrogens with two attached hydrogens (primary N) is 1. The van der Waals surface area contributed by atoms with Crippen LogP contribution < -0.4 is 16.6 Å². The van der Waals surface area contributed by atoms with Gasteiger partial charge in [-0.2, -0.15) is 0 Å². The van der Waals surface area contributed by atoms with Crippen LogP contribution in [0.1, 0.15) is 15.9 Å². The number of aromatic amines is 1. The van der Waals surface area contributed by atoms with Crippen LogP contribution in [0.25, 0.3) is 0 Å². The van der Waals surface area contributed by atoms with E-state index >= 15 is 0 Å². The van der Waals surface area contributed by atoms with Gasteiger partial charge in [0.25, 0.3) is 5.91 Å². The normalized spacial score (nSPS) is 9.89. The summed E-state index contributed by atoms with van der Waals surface area (Å²) in [6.45, 7) is 0. The van der Waals surface area contributed by atoms with Crippen LogP contribution in [0.5, 0.6) is 0 Å². The van der Waals surface area contributed by atoms with E-state index in [0.717, 1.165) is 0 Å². The summed E-state index contributed by atoms with van der Waals surface area (Å²) in [4.78, 5) is 25.5. The van der Waals surface area contributed by atoms with E-state index in [1.165, 1.54) is 18.3 Å². The number of hydrogen-bond donors (Lipinski definition) is 3. The Kier molecular flexibility index (Phi) is 3.72. The maximum absolute atomic E-state index is 11.9. The van der Waals surface area contributed by atoms with Crippen molar-refractivity contribution in [2.24, 2.45) is 5.73 Å². The minimum atomic E-state index is -0.323. The first-order valence-electron chi connectivity index (χ1n) is 5.46. The van der Waals surface area contributed by atoms with Crippen LogP contribution in [-0.2, 0) is 0 Å². The lowest BCUT2D eigenvalue weighted by Crippen LogP contribution is -2.15. The Hall–Kier alpha value is -2.47. The monoisotopic (exact) mass is 273 g/mol. The Bertz CT molecular complexity index is 674. The van der Waals surface area contributed by atoms with Crippen molar-refractivity contribution in [3.05, 3.63) is 64.1 Å². The minimum Gasteiger partial charge on any atom is -0.389 e. The first-order valence-corrected chi connectivity index (χ1v) is 5.87. The van der Waals surface area contributed by atoms with Crippen LogP contribution in [-0.4, -0.2) is 15.9 Å². The average Bonchev–Trinajstić information content (AvgIpc) is 2.39. The first kappa shape index (κ1) is 13.0. The Labute approximate surface area is 114 Å². The first-order chi connectivity index (χ1) is 9.06. The van der Waals surface area contributed by atoms with E-state index in [1.807, 2.05) is 0 Å². The Morgan fingerprint density at radius 2 is 2.00 bits per heavy atom. The highest BCUT2D eigenvalue weighted by Gasteiger charge is 2.06. The largest absolute Gasteiger partial charge is 0.389 e. The second kappa shape index (κ2) is 5.45. The highest BCUT2D eigenvalue weighted by Crippen LogP contribution is 2.11. The van der Waals surface area contributed by atoms with E-state index in [0.29, 0.717) is 16.8 Å². The molecule has 0 atom stereocenters. The van der Waals surface area contributed by atoms with E-state index in [2.05, 4.69) is 10.3 Å². The van der Waals surface area contributed by atoms with Gasteiger partial charge in [-0.25, -0.2) is 0 Å². The summed E-state index contributed by atoms with van der Waals surface area (Å²) in [5, 5.41) is 2.70. The quantitative estimate of drug-likeness (QED) is 0.735. The Morgan fingerprint density at radius 3 is 2.63 bits per heavy atom. The van der Waals surface area contributed by atoms with Crippen molar-refractivity contribution >= 4 is 28.8 Å². The number of carbonyl (C=O) groups is 1. The van der Waals surface area contributed by atoms with E-state index in [-0.39, 0.29) is 16.5 Å². The molecule has 6 heteroatoms. The van der Waals surface area contributed by atoms with Gasteiger partial charge in [-0.15, -0.1) is 0 Å². The number of anilines is 1. The summed E-state index contributed by atoms with van der Waals surface area (Å²) in [7, 11) is 0. The highest BCUT2D eigenvalue weighted by atomic mass is 32.1. The van der Waals surface area contributed by atoms with E-state index in [1.54, 1.807) is 24.3 Å². The fourth-order valence-electron chi connectivity index (χ4n) is 1.51. The molecule has 2 aromatic rings. The lowest BCUT2D eigenvalue weighted by Gasteiger charge is -2.06. The van der Waals surface area contributed by atoms with Gasteiger partial charge in [-0.05, 0) is 18.2 Å². The predicted octanol–water partition coefficient (Wildman–Crippen LogP) is 1.26. The zero-order valence-corrected chi connectivity index (χ0v) is 10.7. The van der Waals surface area contributed by atoms with Crippen molar-refractivity contribution in [2.45, 2.75) is 0 Å². The molecular weight excluding hydrogens is 262 g/mol. The third-order valence-electron chi connectivity index (χ3n) is 2.45. The minimum absolute atomic E-state index is 0.257. The maximum Gasteiger partial charge on any atom is 0.257 e. The van der Waals surface area contributed by atoms with Crippen molar-refractivity contribution in [3.63, 3.8) is 0 Å². The zero-order valence-electron chi connectivity index (χ0n) is 9.84. The Morgan fingerprint density at radius 1 is 1.21 bits per heavy atom. The second-order valence-electron chi connectivity index (χ2n) is 3.84. The van der Waals surface area contributed by atoms with Gasteiger partial charge < -0.3 is 16.0 Å². The zero-order chi connectivity index (χ0) is 13.8. The lowest BCUT2D eigenvalue weighted by atomic mass is 10.2. The van der Waals surface area contributed by atoms with Gasteiger partial charge in [0, 0.05) is 23.5 Å². The fraction of sp³-hybridized carbons (Fsp3) is 0. The SMILES string of the molecule is NC(=S)c1cccc(NC(=O)c2ccc(=O)[nH]c2)c1. The summed E-state index contributed by atoms with van der Waals surface area (Å²) < 4.78 is 0. The molecule has 0 bridgehead atoms. The molecule has 1 heterocycles. The smallest absolute Gasteiger partial charge is 0.257 e. The fourth-order valence-corrected chi connectivity index (χ4v) is 1.63. The van der Waals surface area contributed by atoms with Crippen LogP contribution in [0, 0.1) is 0 Å². The molecule has 0 unspecified atom stereocenters. The lowest BCUT2D eigenvalue weighted by molar-refractivity contribution is 0.102. The standard InChI is InChI=1S/C13H11N3O2S/c14-12(19)8-2-1-3-10(6-8)16-13(18)9-4-5-11(17)15-7-9/h1-7H,(H2,14,19)(H,15,17)(H,16,18). The number of pyridine rings is 1. The summed E-state index contributed by atoms with van der Waals surface area (Å²) in [5.41, 5.74) is 6.88. The molecule has 0 spiro atoms. The van der Waals surface area contributed by atoms with Gasteiger partial charge >= 0.3 is 0 Å². The molecule has 1 aromatic heterocycles. The number of rotatable bonds is 3. The number of benzene rings is 1. The van der Waals surface area contributed by atoms with Crippen LogP contribution in [0.2, 0.25) is 0 Å². The number of thiocarbonyl (C=S) groups is 1. The number of H-pyrrole nitrogens is 1. The number of nitrogens with one attached hydrogen (secondary N) is 2. The van der Waals surface area contributed by atoms with Crippen molar-refractivity contribution in [2.75, 3.05) is 5.32 Å². The molecule has 1 aromatic carbocycles. The average molecular weight is 273 g/mol. The summed E-state index contributed by atoms with van der Waals surface area (Å²) in [6, 6.07) is 9.66. The highest BCUT2D eigenvalue weighted by molar-refractivity contribution is 7.80. The third kappa shape index (κ3) is 3.26. The summed E-state index contributed by atoms with van der Waals surface area (Å²) in [6.07, 6.45) is 1.36. The van der Waals surface area contributed by atoms with E-state index in [9.17, 15) is 9.59 Å². The van der Waals surface area contributed by atoms with Gasteiger partial charge in [0.05, 0.1) is 5.56 Å². The molecular formula is C13H11N3O2S. The molecule has 0 aliphatic carbocycles. The van der Waals surface area contributed by atoms with Crippen LogP contribution in [0.4, 0.5) is 5.69 Å². The Balaban J connectivity index is 2.19. The molecule has 2 rings (SSSR count). The topological polar surface area (TPSA) is 88.0 Å². The van der Waals surface area contributed by atoms with Crippen molar-refractivity contribution < 1.29 is 4.79 Å². The maximum atomic E-state index is 11.9. The number of carbonyl (C=O) groups excluding carboxylic acids is 1. The molecule has 0 aliphatic heterocycles. The van der Waals surface area contributed by atoms with Gasteiger partial charge in [-0.3, -0.25) is 9.59 Å². The van der Waals surface area contributed by atoms with Gasteiger partial charge in [0.1, 0.15) is 4.99 Å². The number of aromatic nitrogens is 1.